The second kappa shape index (κ2) is 7.03. The van der Waals surface area contributed by atoms with Gasteiger partial charge in [0.15, 0.2) is 4.96 Å². The number of aromatic nitrogens is 4. The van der Waals surface area contributed by atoms with Gasteiger partial charge in [-0.15, -0.1) is 11.3 Å². The number of thiazole rings is 1. The molecule has 1 fully saturated rings. The van der Waals surface area contributed by atoms with E-state index >= 15 is 0 Å². The molecule has 1 aliphatic rings. The number of aliphatic hydroxyl groups is 1. The summed E-state index contributed by atoms with van der Waals surface area (Å²) in [4.78, 5) is 15.6. The highest BCUT2D eigenvalue weighted by Crippen LogP contribution is 2.24. The zero-order chi connectivity index (χ0) is 16.2. The first-order chi connectivity index (χ1) is 11.3. The fraction of sp³-hybridized carbons (Fsp3) is 0.400. The molecule has 23 heavy (non-hydrogen) atoms. The highest BCUT2D eigenvalue weighted by Gasteiger charge is 2.15. The van der Waals surface area contributed by atoms with Gasteiger partial charge in [-0.2, -0.15) is 0 Å². The number of nitrogens with one attached hydrogen (secondary N) is 2. The molecule has 3 aromatic rings. The van der Waals surface area contributed by atoms with Crippen LogP contribution in [0.3, 0.4) is 0 Å². The van der Waals surface area contributed by atoms with Crippen LogP contribution in [0, 0.1) is 6.92 Å². The van der Waals surface area contributed by atoms with Crippen molar-refractivity contribution in [2.75, 3.05) is 25.5 Å². The van der Waals surface area contributed by atoms with Crippen molar-refractivity contribution in [3.8, 4) is 11.4 Å². The molecule has 1 unspecified atom stereocenters. The van der Waals surface area contributed by atoms with Crippen molar-refractivity contribution in [3.63, 3.8) is 0 Å². The Bertz CT molecular complexity index is 777. The average molecular weight is 332 g/mol. The molecule has 8 heteroatoms. The van der Waals surface area contributed by atoms with Gasteiger partial charge >= 0.3 is 0 Å². The Labute approximate surface area is 138 Å². The molecule has 1 aliphatic heterocycles. The minimum atomic E-state index is 0.434. The van der Waals surface area contributed by atoms with Crippen LogP contribution in [0.15, 0.2) is 24.8 Å². The van der Waals surface area contributed by atoms with E-state index in [0.29, 0.717) is 6.04 Å². The Morgan fingerprint density at radius 1 is 1.35 bits per heavy atom. The van der Waals surface area contributed by atoms with Crippen molar-refractivity contribution < 1.29 is 5.11 Å². The summed E-state index contributed by atoms with van der Waals surface area (Å²) in [6.07, 6.45) is 8.63. The van der Waals surface area contributed by atoms with Crippen molar-refractivity contribution in [2.24, 2.45) is 0 Å². The monoisotopic (exact) mass is 332 g/mol. The lowest BCUT2D eigenvalue weighted by Crippen LogP contribution is -2.22. The van der Waals surface area contributed by atoms with E-state index in [1.54, 1.807) is 23.7 Å². The molecule has 4 heterocycles. The molecule has 0 aliphatic carbocycles. The van der Waals surface area contributed by atoms with Gasteiger partial charge in [0.2, 0.25) is 0 Å². The van der Waals surface area contributed by atoms with Gasteiger partial charge in [0.05, 0.1) is 24.3 Å². The van der Waals surface area contributed by atoms with Crippen molar-refractivity contribution in [1.82, 2.24) is 24.7 Å². The van der Waals surface area contributed by atoms with E-state index in [1.165, 1.54) is 4.88 Å². The second-order valence-corrected chi connectivity index (χ2v) is 6.47. The van der Waals surface area contributed by atoms with Crippen LogP contribution in [-0.2, 0) is 0 Å². The molecule has 122 valence electrons. The van der Waals surface area contributed by atoms with Crippen LogP contribution in [0.2, 0.25) is 0 Å². The number of imidazole rings is 1. The van der Waals surface area contributed by atoms with Gasteiger partial charge < -0.3 is 15.7 Å². The molecule has 0 spiro atoms. The van der Waals surface area contributed by atoms with Crippen LogP contribution in [0.4, 0.5) is 5.82 Å². The molecular formula is C15H20N6OS. The highest BCUT2D eigenvalue weighted by atomic mass is 32.1. The largest absolute Gasteiger partial charge is 0.400 e. The topological polar surface area (TPSA) is 87.4 Å². The summed E-state index contributed by atoms with van der Waals surface area (Å²) >= 11 is 1.68. The summed E-state index contributed by atoms with van der Waals surface area (Å²) in [7, 11) is 1.00. The van der Waals surface area contributed by atoms with E-state index in [9.17, 15) is 0 Å². The summed E-state index contributed by atoms with van der Waals surface area (Å²) in [6, 6.07) is 0.434. The van der Waals surface area contributed by atoms with Crippen LogP contribution in [-0.4, -0.2) is 50.7 Å². The molecule has 3 N–H and O–H groups in total. The standard InChI is InChI=1S/C14H16N6S.CH4O/c1-9-8-20-12(6-17-14(20)21-9)11-5-16-7-13(19-11)18-10-2-3-15-4-10;1-2/h5-8,10,15H,2-4H2,1H3,(H,18,19);2H,1H3. The Kier molecular flexibility index (Phi) is 4.85. The molecule has 0 amide bonds. The van der Waals surface area contributed by atoms with Crippen LogP contribution in [0.25, 0.3) is 16.3 Å². The van der Waals surface area contributed by atoms with E-state index in [4.69, 9.17) is 5.11 Å². The molecule has 0 aromatic carbocycles. The van der Waals surface area contributed by atoms with Gasteiger partial charge in [-0.3, -0.25) is 9.38 Å². The number of nitrogens with zero attached hydrogens (tertiary/aromatic N) is 4. The number of rotatable bonds is 3. The SMILES string of the molecule is CO.Cc1cn2c(-c3cncc(NC4CCNC4)n3)cnc2s1. The maximum absolute atomic E-state index is 7.00. The third-order valence-electron chi connectivity index (χ3n) is 3.64. The van der Waals surface area contributed by atoms with E-state index in [2.05, 4.69) is 43.1 Å². The fourth-order valence-corrected chi connectivity index (χ4v) is 3.43. The molecule has 0 radical (unpaired) electrons. The average Bonchev–Trinajstić information content (AvgIpc) is 3.27. The predicted octanol–water partition coefficient (Wildman–Crippen LogP) is 1.54. The van der Waals surface area contributed by atoms with Crippen LogP contribution < -0.4 is 10.6 Å². The molecule has 4 rings (SSSR count). The van der Waals surface area contributed by atoms with E-state index in [1.807, 2.05) is 6.20 Å². The van der Waals surface area contributed by atoms with Crippen molar-refractivity contribution in [2.45, 2.75) is 19.4 Å². The van der Waals surface area contributed by atoms with Gasteiger partial charge in [0, 0.05) is 30.8 Å². The second-order valence-electron chi connectivity index (χ2n) is 5.26. The molecule has 0 bridgehead atoms. The first-order valence-corrected chi connectivity index (χ1v) is 8.29. The molecule has 3 aromatic heterocycles. The number of aryl methyl sites for hydroxylation is 1. The van der Waals surface area contributed by atoms with Gasteiger partial charge in [-0.05, 0) is 19.9 Å². The van der Waals surface area contributed by atoms with E-state index in [0.717, 1.165) is 48.8 Å². The van der Waals surface area contributed by atoms with Gasteiger partial charge in [0.1, 0.15) is 11.5 Å². The number of anilines is 1. The maximum atomic E-state index is 7.00. The van der Waals surface area contributed by atoms with Crippen LogP contribution in [0.1, 0.15) is 11.3 Å². The van der Waals surface area contributed by atoms with Crippen molar-refractivity contribution in [3.05, 3.63) is 29.7 Å². The van der Waals surface area contributed by atoms with E-state index in [-0.39, 0.29) is 0 Å². The number of hydrogen-bond acceptors (Lipinski definition) is 7. The molecular weight excluding hydrogens is 312 g/mol. The fourth-order valence-electron chi connectivity index (χ4n) is 2.63. The normalized spacial score (nSPS) is 17.1. The third-order valence-corrected chi connectivity index (χ3v) is 4.55. The number of hydrogen-bond donors (Lipinski definition) is 3. The lowest BCUT2D eigenvalue weighted by atomic mass is 10.2. The number of aliphatic hydroxyl groups excluding tert-OH is 1. The zero-order valence-corrected chi connectivity index (χ0v) is 14.0. The minimum absolute atomic E-state index is 0.434. The Morgan fingerprint density at radius 2 is 2.22 bits per heavy atom. The maximum Gasteiger partial charge on any atom is 0.194 e. The summed E-state index contributed by atoms with van der Waals surface area (Å²) in [5.74, 6) is 0.822. The van der Waals surface area contributed by atoms with Gasteiger partial charge in [-0.1, -0.05) is 0 Å². The van der Waals surface area contributed by atoms with Crippen molar-refractivity contribution >= 4 is 22.1 Å². The van der Waals surface area contributed by atoms with Gasteiger partial charge in [-0.25, -0.2) is 9.97 Å². The summed E-state index contributed by atoms with van der Waals surface area (Å²) in [6.45, 7) is 4.12. The lowest BCUT2D eigenvalue weighted by Gasteiger charge is -2.12. The first-order valence-electron chi connectivity index (χ1n) is 7.47. The molecule has 1 saturated heterocycles. The zero-order valence-electron chi connectivity index (χ0n) is 13.2. The smallest absolute Gasteiger partial charge is 0.194 e. The van der Waals surface area contributed by atoms with E-state index < -0.39 is 0 Å². The molecule has 7 nitrogen and oxygen atoms in total. The van der Waals surface area contributed by atoms with Crippen molar-refractivity contribution in [1.29, 1.82) is 0 Å². The minimum Gasteiger partial charge on any atom is -0.400 e. The first kappa shape index (κ1) is 15.9. The van der Waals surface area contributed by atoms with Crippen LogP contribution in [0.5, 0.6) is 0 Å². The Morgan fingerprint density at radius 3 is 3.00 bits per heavy atom. The number of fused-ring (bicyclic) bond motifs is 1. The summed E-state index contributed by atoms with van der Waals surface area (Å²) in [5, 5.41) is 13.8. The van der Waals surface area contributed by atoms with Crippen LogP contribution >= 0.6 is 11.3 Å². The molecule has 1 atom stereocenters. The lowest BCUT2D eigenvalue weighted by molar-refractivity contribution is 0.399. The molecule has 0 saturated carbocycles. The Balaban J connectivity index is 0.000000753. The highest BCUT2D eigenvalue weighted by molar-refractivity contribution is 7.17. The summed E-state index contributed by atoms with van der Waals surface area (Å²) in [5.41, 5.74) is 1.83. The predicted molar refractivity (Wildman–Crippen MR) is 91.9 cm³/mol. The summed E-state index contributed by atoms with van der Waals surface area (Å²) < 4.78 is 2.07. The quantitative estimate of drug-likeness (QED) is 0.674. The van der Waals surface area contributed by atoms with Gasteiger partial charge in [0.25, 0.3) is 0 Å². The third kappa shape index (κ3) is 3.34. The Hall–Kier alpha value is -2.03.